The van der Waals surface area contributed by atoms with Crippen LogP contribution in [-0.2, 0) is 14.8 Å². The molecule has 0 fully saturated rings. The molecule has 0 aromatic rings. The van der Waals surface area contributed by atoms with Crippen LogP contribution >= 0.6 is 0 Å². The van der Waals surface area contributed by atoms with Gasteiger partial charge < -0.3 is 10.1 Å². The summed E-state index contributed by atoms with van der Waals surface area (Å²) in [6.45, 7) is 2.07. The summed E-state index contributed by atoms with van der Waals surface area (Å²) in [5.41, 5.74) is 0. The van der Waals surface area contributed by atoms with E-state index in [0.717, 1.165) is 0 Å². The molecule has 0 unspecified atom stereocenters. The Kier molecular flexibility index (Phi) is 7.32. The van der Waals surface area contributed by atoms with Gasteiger partial charge in [0.25, 0.3) is 0 Å². The number of hydrogen-bond acceptors (Lipinski definition) is 5. The molecule has 0 radical (unpaired) electrons. The van der Waals surface area contributed by atoms with Gasteiger partial charge in [0.05, 0.1) is 12.7 Å². The summed E-state index contributed by atoms with van der Waals surface area (Å²) in [6.07, 6.45) is 0. The number of nitrogens with one attached hydrogen (secondary N) is 2. The quantitative estimate of drug-likeness (QED) is 0.495. The Bertz CT molecular complexity index is 270. The summed E-state index contributed by atoms with van der Waals surface area (Å²) in [5.74, 6) is -0.495. The van der Waals surface area contributed by atoms with Gasteiger partial charge >= 0.3 is 0 Å². The van der Waals surface area contributed by atoms with Gasteiger partial charge in [0.2, 0.25) is 10.0 Å². The smallest absolute Gasteiger partial charge is 0.225 e. The van der Waals surface area contributed by atoms with E-state index in [0.29, 0.717) is 19.7 Å². The van der Waals surface area contributed by atoms with Crippen LogP contribution in [0.25, 0.3) is 0 Å². The maximum absolute atomic E-state index is 10.9. The topological polar surface area (TPSA) is 91.2 Å². The van der Waals surface area contributed by atoms with Crippen molar-refractivity contribution in [3.63, 3.8) is 0 Å². The Balaban J connectivity index is 3.41. The SMILES string of the molecule is COCCNCCNS(=O)(=O)CC#N. The van der Waals surface area contributed by atoms with Crippen LogP contribution in [0.2, 0.25) is 0 Å². The first-order chi connectivity index (χ1) is 6.62. The van der Waals surface area contributed by atoms with Crippen LogP contribution in [0.4, 0.5) is 0 Å². The predicted molar refractivity (Wildman–Crippen MR) is 52.1 cm³/mol. The van der Waals surface area contributed by atoms with E-state index >= 15 is 0 Å². The number of sulfonamides is 1. The molecule has 0 heterocycles. The Morgan fingerprint density at radius 1 is 1.36 bits per heavy atom. The zero-order chi connectivity index (χ0) is 10.9. The molecule has 0 aliphatic carbocycles. The maximum Gasteiger partial charge on any atom is 0.225 e. The first-order valence-electron chi connectivity index (χ1n) is 4.16. The first-order valence-corrected chi connectivity index (χ1v) is 5.81. The van der Waals surface area contributed by atoms with Crippen molar-refractivity contribution in [1.82, 2.24) is 10.0 Å². The highest BCUT2D eigenvalue weighted by Gasteiger charge is 2.06. The minimum Gasteiger partial charge on any atom is -0.383 e. The average Bonchev–Trinajstić information content (AvgIpc) is 2.11. The van der Waals surface area contributed by atoms with Gasteiger partial charge in [-0.05, 0) is 0 Å². The van der Waals surface area contributed by atoms with Gasteiger partial charge in [0, 0.05) is 26.7 Å². The molecule has 14 heavy (non-hydrogen) atoms. The fraction of sp³-hybridized carbons (Fsp3) is 0.857. The molecule has 0 rings (SSSR count). The summed E-state index contributed by atoms with van der Waals surface area (Å²) in [4.78, 5) is 0. The highest BCUT2D eigenvalue weighted by atomic mass is 32.2. The van der Waals surface area contributed by atoms with Gasteiger partial charge in [-0.1, -0.05) is 0 Å². The summed E-state index contributed by atoms with van der Waals surface area (Å²) < 4.78 is 28.9. The molecule has 0 bridgehead atoms. The normalized spacial score (nSPS) is 11.1. The number of methoxy groups -OCH3 is 1. The molecule has 0 amide bonds. The molecular formula is C7H15N3O3S. The predicted octanol–water partition coefficient (Wildman–Crippen LogP) is -1.33. The molecule has 0 aliphatic rings. The molecule has 2 N–H and O–H groups in total. The number of nitriles is 1. The zero-order valence-corrected chi connectivity index (χ0v) is 8.93. The van der Waals surface area contributed by atoms with E-state index in [4.69, 9.17) is 10.00 Å². The lowest BCUT2D eigenvalue weighted by molar-refractivity contribution is 0.199. The number of ether oxygens (including phenoxy) is 1. The second-order valence-corrected chi connectivity index (χ2v) is 4.36. The molecule has 0 aliphatic heterocycles. The van der Waals surface area contributed by atoms with E-state index in [1.54, 1.807) is 13.2 Å². The molecule has 0 spiro atoms. The lowest BCUT2D eigenvalue weighted by Crippen LogP contribution is -2.34. The van der Waals surface area contributed by atoms with Crippen LogP contribution in [-0.4, -0.2) is 47.5 Å². The third-order valence-electron chi connectivity index (χ3n) is 1.36. The Hall–Kier alpha value is -0.680. The molecule has 0 atom stereocenters. The summed E-state index contributed by atoms with van der Waals surface area (Å²) >= 11 is 0. The van der Waals surface area contributed by atoms with E-state index in [1.807, 2.05) is 0 Å². The molecule has 0 aromatic heterocycles. The lowest BCUT2D eigenvalue weighted by Gasteiger charge is -2.04. The van der Waals surface area contributed by atoms with Crippen molar-refractivity contribution in [3.05, 3.63) is 0 Å². The number of rotatable bonds is 8. The van der Waals surface area contributed by atoms with E-state index in [-0.39, 0.29) is 6.54 Å². The van der Waals surface area contributed by atoms with Gasteiger partial charge in [0.1, 0.15) is 0 Å². The Labute approximate surface area is 84.3 Å². The highest BCUT2D eigenvalue weighted by Crippen LogP contribution is 1.79. The van der Waals surface area contributed by atoms with Crippen molar-refractivity contribution < 1.29 is 13.2 Å². The van der Waals surface area contributed by atoms with Crippen molar-refractivity contribution in [3.8, 4) is 6.07 Å². The van der Waals surface area contributed by atoms with Crippen molar-refractivity contribution in [2.75, 3.05) is 39.1 Å². The summed E-state index contributed by atoms with van der Waals surface area (Å²) in [7, 11) is -1.81. The Morgan fingerprint density at radius 2 is 2.07 bits per heavy atom. The third kappa shape index (κ3) is 7.94. The van der Waals surface area contributed by atoms with Crippen LogP contribution in [0.5, 0.6) is 0 Å². The van der Waals surface area contributed by atoms with Gasteiger partial charge in [-0.3, -0.25) is 0 Å². The second kappa shape index (κ2) is 7.70. The molecular weight excluding hydrogens is 206 g/mol. The van der Waals surface area contributed by atoms with Crippen molar-refractivity contribution >= 4 is 10.0 Å². The lowest BCUT2D eigenvalue weighted by atomic mass is 10.6. The molecule has 7 heteroatoms. The minimum absolute atomic E-state index is 0.285. The Morgan fingerprint density at radius 3 is 2.64 bits per heavy atom. The van der Waals surface area contributed by atoms with Gasteiger partial charge in [-0.2, -0.15) is 5.26 Å². The molecule has 0 saturated heterocycles. The van der Waals surface area contributed by atoms with Crippen LogP contribution < -0.4 is 10.0 Å². The summed E-state index contributed by atoms with van der Waals surface area (Å²) in [5, 5.41) is 11.1. The second-order valence-electron chi connectivity index (χ2n) is 2.55. The van der Waals surface area contributed by atoms with Crippen LogP contribution in [0, 0.1) is 11.3 Å². The monoisotopic (exact) mass is 221 g/mol. The zero-order valence-electron chi connectivity index (χ0n) is 8.12. The number of hydrogen-bond donors (Lipinski definition) is 2. The van der Waals surface area contributed by atoms with Crippen molar-refractivity contribution in [2.24, 2.45) is 0 Å². The molecule has 0 aromatic carbocycles. The fourth-order valence-electron chi connectivity index (χ4n) is 0.730. The van der Waals surface area contributed by atoms with Crippen LogP contribution in [0.15, 0.2) is 0 Å². The summed E-state index contributed by atoms with van der Waals surface area (Å²) in [6, 6.07) is 1.58. The minimum atomic E-state index is -3.41. The molecule has 6 nitrogen and oxygen atoms in total. The van der Waals surface area contributed by atoms with Crippen molar-refractivity contribution in [2.45, 2.75) is 0 Å². The van der Waals surface area contributed by atoms with Crippen molar-refractivity contribution in [1.29, 1.82) is 5.26 Å². The number of nitrogens with zero attached hydrogens (tertiary/aromatic N) is 1. The van der Waals surface area contributed by atoms with Gasteiger partial charge in [0.15, 0.2) is 5.75 Å². The maximum atomic E-state index is 10.9. The fourth-order valence-corrected chi connectivity index (χ4v) is 1.42. The third-order valence-corrected chi connectivity index (χ3v) is 2.51. The molecule has 82 valence electrons. The standard InChI is InChI=1S/C7H15N3O3S/c1-13-6-5-9-3-4-10-14(11,12)7-2-8/h9-10H,3-7H2,1H3. The molecule has 0 saturated carbocycles. The van der Waals surface area contributed by atoms with E-state index < -0.39 is 15.8 Å². The first kappa shape index (κ1) is 13.3. The van der Waals surface area contributed by atoms with E-state index in [1.165, 1.54) is 0 Å². The van der Waals surface area contributed by atoms with E-state index in [9.17, 15) is 8.42 Å². The average molecular weight is 221 g/mol. The van der Waals surface area contributed by atoms with E-state index in [2.05, 4.69) is 10.0 Å². The highest BCUT2D eigenvalue weighted by molar-refractivity contribution is 7.89. The van der Waals surface area contributed by atoms with Crippen LogP contribution in [0.1, 0.15) is 0 Å². The largest absolute Gasteiger partial charge is 0.383 e. The van der Waals surface area contributed by atoms with Gasteiger partial charge in [-0.15, -0.1) is 0 Å². The van der Waals surface area contributed by atoms with Crippen LogP contribution in [0.3, 0.4) is 0 Å². The van der Waals surface area contributed by atoms with Gasteiger partial charge in [-0.25, -0.2) is 13.1 Å².